The van der Waals surface area contributed by atoms with Gasteiger partial charge in [0.25, 0.3) is 15.9 Å². The minimum Gasteiger partial charge on any atom is -0.493 e. The Bertz CT molecular complexity index is 1770. The molecule has 4 aromatic rings. The van der Waals surface area contributed by atoms with Crippen LogP contribution in [0.2, 0.25) is 0 Å². The highest BCUT2D eigenvalue weighted by Crippen LogP contribution is 2.41. The third-order valence-corrected chi connectivity index (χ3v) is 8.06. The summed E-state index contributed by atoms with van der Waals surface area (Å²) in [6, 6.07) is 14.9. The zero-order valence-corrected chi connectivity index (χ0v) is 27.5. The first kappa shape index (κ1) is 34.3. The quantitative estimate of drug-likeness (QED) is 0.145. The van der Waals surface area contributed by atoms with Gasteiger partial charge >= 0.3 is 6.16 Å². The number of ether oxygens (including phenoxy) is 5. The topological polar surface area (TPSA) is 173 Å². The molecule has 0 radical (unpaired) electrons. The summed E-state index contributed by atoms with van der Waals surface area (Å²) in [7, 11) is -2.74. The summed E-state index contributed by atoms with van der Waals surface area (Å²) >= 11 is 0. The van der Waals surface area contributed by atoms with Crippen LogP contribution in [0.4, 0.5) is 10.6 Å². The second-order valence-electron chi connectivity index (χ2n) is 10.8. The Morgan fingerprint density at radius 2 is 1.65 bits per heavy atom. The maximum atomic E-state index is 13.7. The van der Waals surface area contributed by atoms with E-state index in [1.807, 2.05) is 0 Å². The summed E-state index contributed by atoms with van der Waals surface area (Å²) in [6.45, 7) is 5.42. The highest BCUT2D eigenvalue weighted by molar-refractivity contribution is 7.92. The highest BCUT2D eigenvalue weighted by atomic mass is 32.2. The number of carbonyl (C=O) groups is 1. The van der Waals surface area contributed by atoms with Gasteiger partial charge in [0.05, 0.1) is 38.3 Å². The van der Waals surface area contributed by atoms with E-state index in [9.17, 15) is 13.2 Å². The monoisotopic (exact) mass is 680 g/mol. The van der Waals surface area contributed by atoms with Crippen LogP contribution in [0.5, 0.6) is 23.1 Å². The Morgan fingerprint density at radius 3 is 2.33 bits per heavy atom. The molecular formula is C32H36N6O9S. The second kappa shape index (κ2) is 16.2. The van der Waals surface area contributed by atoms with E-state index in [2.05, 4.69) is 38.5 Å². The molecule has 1 aliphatic rings. The van der Waals surface area contributed by atoms with Crippen molar-refractivity contribution < 1.29 is 41.7 Å². The molecule has 1 aliphatic heterocycles. The van der Waals surface area contributed by atoms with Crippen LogP contribution < -0.4 is 18.9 Å². The van der Waals surface area contributed by atoms with Crippen LogP contribution >= 0.6 is 0 Å². The van der Waals surface area contributed by atoms with E-state index in [-0.39, 0.29) is 53.0 Å². The molecule has 254 valence electrons. The van der Waals surface area contributed by atoms with E-state index in [0.29, 0.717) is 38.0 Å². The number of methoxy groups -OCH3 is 1. The van der Waals surface area contributed by atoms with Crippen molar-refractivity contribution in [3.63, 3.8) is 0 Å². The van der Waals surface area contributed by atoms with E-state index in [0.717, 1.165) is 12.0 Å². The normalized spacial score (nSPS) is 13.5. The van der Waals surface area contributed by atoms with Crippen molar-refractivity contribution in [2.45, 2.75) is 25.2 Å². The number of sulfonamides is 1. The lowest BCUT2D eigenvalue weighted by Crippen LogP contribution is -2.38. The molecule has 0 spiro atoms. The number of nitrogens with zero attached hydrogens (tertiary/aromatic N) is 5. The second-order valence-corrected chi connectivity index (χ2v) is 12.5. The van der Waals surface area contributed by atoms with Crippen LogP contribution in [0.3, 0.4) is 0 Å². The lowest BCUT2D eigenvalue weighted by Gasteiger charge is -2.24. The average molecular weight is 681 g/mol. The number of hydrogen-bond donors (Lipinski definition) is 1. The fourth-order valence-electron chi connectivity index (χ4n) is 4.51. The van der Waals surface area contributed by atoms with Gasteiger partial charge < -0.3 is 28.5 Å². The molecule has 0 aliphatic carbocycles. The largest absolute Gasteiger partial charge is 0.528 e. The molecule has 0 amide bonds. The number of rotatable bonds is 14. The number of para-hydroxylation sites is 2. The summed E-state index contributed by atoms with van der Waals surface area (Å²) in [6.07, 6.45) is 2.86. The minimum atomic E-state index is -4.20. The number of benzene rings is 2. The smallest absolute Gasteiger partial charge is 0.493 e. The van der Waals surface area contributed by atoms with Gasteiger partial charge in [0.15, 0.2) is 23.1 Å². The lowest BCUT2D eigenvalue weighted by atomic mass is 10.0. The standard InChI is InChI=1S/C32H36N6O9S/c1-22(2)21-23-9-11-24(12-10-23)48(40,41)37-28-27(46-26-8-5-4-7-25(26)42-3)31(36-30(35-28)29-33-13-6-14-34-29)44-19-20-45-32(39)47-38-15-17-43-18-16-38/h4-14,22H,15-21H2,1-3H3,(H,35,36,37). The van der Waals surface area contributed by atoms with E-state index < -0.39 is 16.2 Å². The van der Waals surface area contributed by atoms with E-state index >= 15 is 0 Å². The average Bonchev–Trinajstić information content (AvgIpc) is 3.08. The van der Waals surface area contributed by atoms with Gasteiger partial charge in [-0.1, -0.05) is 38.1 Å². The zero-order chi connectivity index (χ0) is 33.9. The van der Waals surface area contributed by atoms with Gasteiger partial charge in [-0.25, -0.2) is 28.2 Å². The molecule has 0 atom stereocenters. The molecule has 48 heavy (non-hydrogen) atoms. The Labute approximate surface area is 278 Å². The Morgan fingerprint density at radius 1 is 0.938 bits per heavy atom. The van der Waals surface area contributed by atoms with Crippen molar-refractivity contribution in [3.05, 3.63) is 72.6 Å². The fourth-order valence-corrected chi connectivity index (χ4v) is 5.52. The van der Waals surface area contributed by atoms with Crippen LogP contribution in [0, 0.1) is 5.92 Å². The SMILES string of the molecule is COc1ccccc1Oc1c(NS(=O)(=O)c2ccc(CC(C)C)cc2)nc(-c2ncccn2)nc1OCCOC(=O)ON1CCOCC1. The highest BCUT2D eigenvalue weighted by Gasteiger charge is 2.26. The molecule has 1 saturated heterocycles. The number of morpholine rings is 1. The maximum absolute atomic E-state index is 13.7. The van der Waals surface area contributed by atoms with E-state index in [1.165, 1.54) is 36.7 Å². The van der Waals surface area contributed by atoms with Crippen molar-refractivity contribution >= 4 is 22.0 Å². The zero-order valence-electron chi connectivity index (χ0n) is 26.7. The molecule has 1 fully saturated rings. The van der Waals surface area contributed by atoms with Crippen LogP contribution in [0.15, 0.2) is 71.9 Å². The van der Waals surface area contributed by atoms with Crippen LogP contribution in [-0.4, -0.2) is 86.2 Å². The predicted molar refractivity (Wildman–Crippen MR) is 172 cm³/mol. The maximum Gasteiger partial charge on any atom is 0.528 e. The molecule has 2 aromatic carbocycles. The molecule has 0 bridgehead atoms. The van der Waals surface area contributed by atoms with Crippen LogP contribution in [0.25, 0.3) is 11.6 Å². The molecule has 3 heterocycles. The third kappa shape index (κ3) is 9.27. The van der Waals surface area contributed by atoms with Crippen LogP contribution in [-0.2, 0) is 30.8 Å². The van der Waals surface area contributed by atoms with Crippen molar-refractivity contribution in [3.8, 4) is 34.8 Å². The summed E-state index contributed by atoms with van der Waals surface area (Å²) in [5.41, 5.74) is 1.00. The van der Waals surface area contributed by atoms with Gasteiger partial charge in [0, 0.05) is 12.4 Å². The lowest BCUT2D eigenvalue weighted by molar-refractivity contribution is -0.165. The first-order valence-electron chi connectivity index (χ1n) is 15.1. The molecule has 5 rings (SSSR count). The fraction of sp³-hybridized carbons (Fsp3) is 0.344. The molecule has 15 nitrogen and oxygen atoms in total. The van der Waals surface area contributed by atoms with Crippen molar-refractivity contribution in [2.24, 2.45) is 5.92 Å². The molecule has 0 saturated carbocycles. The van der Waals surface area contributed by atoms with E-state index in [4.69, 9.17) is 28.5 Å². The van der Waals surface area contributed by atoms with E-state index in [1.54, 1.807) is 42.5 Å². The van der Waals surface area contributed by atoms with Crippen molar-refractivity contribution in [1.29, 1.82) is 0 Å². The van der Waals surface area contributed by atoms with Gasteiger partial charge in [0.1, 0.15) is 13.2 Å². The summed E-state index contributed by atoms with van der Waals surface area (Å²) in [4.78, 5) is 34.7. The van der Waals surface area contributed by atoms with Gasteiger partial charge in [-0.05, 0) is 48.2 Å². The third-order valence-electron chi connectivity index (χ3n) is 6.71. The number of anilines is 1. The Balaban J connectivity index is 1.47. The number of carbonyl (C=O) groups excluding carboxylic acids is 1. The molecule has 1 N–H and O–H groups in total. The first-order chi connectivity index (χ1) is 23.2. The minimum absolute atomic E-state index is 0.00372. The van der Waals surface area contributed by atoms with Crippen molar-refractivity contribution in [2.75, 3.05) is 51.3 Å². The summed E-state index contributed by atoms with van der Waals surface area (Å²) in [5.74, 6) is 0.379. The molecular weight excluding hydrogens is 644 g/mol. The van der Waals surface area contributed by atoms with Crippen molar-refractivity contribution in [1.82, 2.24) is 25.0 Å². The van der Waals surface area contributed by atoms with Gasteiger partial charge in [-0.2, -0.15) is 4.98 Å². The summed E-state index contributed by atoms with van der Waals surface area (Å²) < 4.78 is 57.9. The Kier molecular flexibility index (Phi) is 11.5. The first-order valence-corrected chi connectivity index (χ1v) is 16.6. The number of hydrogen-bond acceptors (Lipinski definition) is 14. The number of nitrogens with one attached hydrogen (secondary N) is 1. The summed E-state index contributed by atoms with van der Waals surface area (Å²) in [5, 5.41) is 1.44. The van der Waals surface area contributed by atoms with Gasteiger partial charge in [-0.3, -0.25) is 4.72 Å². The molecule has 16 heteroatoms. The number of hydroxylamine groups is 2. The molecule has 2 aromatic heterocycles. The number of aromatic nitrogens is 4. The predicted octanol–water partition coefficient (Wildman–Crippen LogP) is 4.51. The Hall–Kier alpha value is -5.06. The molecule has 0 unspecified atom stereocenters. The van der Waals surface area contributed by atoms with Gasteiger partial charge in [0.2, 0.25) is 11.6 Å². The van der Waals surface area contributed by atoms with Crippen LogP contribution in [0.1, 0.15) is 19.4 Å². The van der Waals surface area contributed by atoms with Gasteiger partial charge in [-0.15, -0.1) is 5.06 Å².